The van der Waals surface area contributed by atoms with Crippen LogP contribution in [0, 0.1) is 5.41 Å². The van der Waals surface area contributed by atoms with Gasteiger partial charge in [0, 0.05) is 12.6 Å². The highest BCUT2D eigenvalue weighted by Gasteiger charge is 2.53. The van der Waals surface area contributed by atoms with E-state index in [0.29, 0.717) is 5.41 Å². The highest BCUT2D eigenvalue weighted by atomic mass is 16.6. The minimum atomic E-state index is -0.453. The fraction of sp³-hybridized carbons (Fsp3) is 0.632. The summed E-state index contributed by atoms with van der Waals surface area (Å²) in [5.74, 6) is 0.897. The molecule has 1 aliphatic heterocycles. The third kappa shape index (κ3) is 3.62. The summed E-state index contributed by atoms with van der Waals surface area (Å²) in [5, 5.41) is 0. The van der Waals surface area contributed by atoms with E-state index in [1.807, 2.05) is 43.9 Å². The van der Waals surface area contributed by atoms with Crippen LogP contribution in [0.4, 0.5) is 4.79 Å². The van der Waals surface area contributed by atoms with Crippen molar-refractivity contribution < 1.29 is 14.3 Å². The lowest BCUT2D eigenvalue weighted by Crippen LogP contribution is -2.41. The van der Waals surface area contributed by atoms with E-state index < -0.39 is 5.60 Å². The molecule has 126 valence electrons. The van der Waals surface area contributed by atoms with Crippen LogP contribution in [0.5, 0.6) is 5.75 Å². The van der Waals surface area contributed by atoms with E-state index in [1.54, 1.807) is 7.11 Å². The lowest BCUT2D eigenvalue weighted by molar-refractivity contribution is 0.0219. The van der Waals surface area contributed by atoms with E-state index >= 15 is 0 Å². The second kappa shape index (κ2) is 5.73. The Hall–Kier alpha value is -1.71. The summed E-state index contributed by atoms with van der Waals surface area (Å²) in [6.45, 7) is 6.59. The van der Waals surface area contributed by atoms with Crippen molar-refractivity contribution in [1.29, 1.82) is 0 Å². The summed E-state index contributed by atoms with van der Waals surface area (Å²) in [4.78, 5) is 14.6. The smallest absolute Gasteiger partial charge is 0.410 e. The zero-order chi connectivity index (χ0) is 16.7. The van der Waals surface area contributed by atoms with Gasteiger partial charge in [-0.25, -0.2) is 4.79 Å². The van der Waals surface area contributed by atoms with Gasteiger partial charge in [-0.1, -0.05) is 18.2 Å². The molecule has 1 atom stereocenters. The maximum absolute atomic E-state index is 12.6. The molecule has 1 saturated carbocycles. The Balaban J connectivity index is 1.77. The lowest BCUT2D eigenvalue weighted by atomic mass is 9.98. The Morgan fingerprint density at radius 1 is 1.30 bits per heavy atom. The van der Waals surface area contributed by atoms with Crippen molar-refractivity contribution >= 4 is 6.09 Å². The van der Waals surface area contributed by atoms with Crippen LogP contribution in [0.15, 0.2) is 24.3 Å². The van der Waals surface area contributed by atoms with Gasteiger partial charge in [0.25, 0.3) is 0 Å². The molecule has 4 nitrogen and oxygen atoms in total. The van der Waals surface area contributed by atoms with Crippen molar-refractivity contribution in [3.63, 3.8) is 0 Å². The third-order valence-electron chi connectivity index (χ3n) is 4.85. The molecule has 1 aromatic rings. The number of likely N-dealkylation sites (tertiary alicyclic amines) is 1. The largest absolute Gasteiger partial charge is 0.496 e. The maximum atomic E-state index is 12.6. The van der Waals surface area contributed by atoms with Gasteiger partial charge in [-0.3, -0.25) is 0 Å². The predicted octanol–water partition coefficient (Wildman–Crippen LogP) is 4.03. The van der Waals surface area contributed by atoms with Crippen LogP contribution in [-0.2, 0) is 11.2 Å². The molecular weight excluding hydrogens is 290 g/mol. The Kier molecular flexibility index (Phi) is 4.03. The average Bonchev–Trinajstić information content (AvgIpc) is 3.12. The van der Waals surface area contributed by atoms with E-state index in [-0.39, 0.29) is 12.1 Å². The van der Waals surface area contributed by atoms with Crippen molar-refractivity contribution in [2.24, 2.45) is 5.41 Å². The SMILES string of the molecule is COc1ccccc1CC1CC2(CC2)CN1C(=O)OC(C)(C)C. The Morgan fingerprint density at radius 3 is 2.61 bits per heavy atom. The van der Waals surface area contributed by atoms with Gasteiger partial charge >= 0.3 is 6.09 Å². The number of rotatable bonds is 3. The van der Waals surface area contributed by atoms with E-state index in [4.69, 9.17) is 9.47 Å². The minimum absolute atomic E-state index is 0.179. The zero-order valence-corrected chi connectivity index (χ0v) is 14.6. The number of ether oxygens (including phenoxy) is 2. The number of methoxy groups -OCH3 is 1. The van der Waals surface area contributed by atoms with E-state index in [0.717, 1.165) is 30.7 Å². The molecule has 3 rings (SSSR count). The van der Waals surface area contributed by atoms with Crippen molar-refractivity contribution in [1.82, 2.24) is 4.90 Å². The molecule has 23 heavy (non-hydrogen) atoms. The molecule has 0 bridgehead atoms. The van der Waals surface area contributed by atoms with Gasteiger partial charge in [-0.05, 0) is 63.5 Å². The van der Waals surface area contributed by atoms with Gasteiger partial charge in [-0.2, -0.15) is 0 Å². The summed E-state index contributed by atoms with van der Waals surface area (Å²) in [7, 11) is 1.70. The quantitative estimate of drug-likeness (QED) is 0.845. The summed E-state index contributed by atoms with van der Waals surface area (Å²) < 4.78 is 11.1. The third-order valence-corrected chi connectivity index (χ3v) is 4.85. The van der Waals surface area contributed by atoms with Gasteiger partial charge in [0.05, 0.1) is 7.11 Å². The first kappa shape index (κ1) is 16.2. The predicted molar refractivity (Wildman–Crippen MR) is 89.7 cm³/mol. The molecule has 1 spiro atoms. The maximum Gasteiger partial charge on any atom is 0.410 e. The highest BCUT2D eigenvalue weighted by Crippen LogP contribution is 2.55. The molecule has 2 aliphatic rings. The van der Waals surface area contributed by atoms with Crippen molar-refractivity contribution in [3.8, 4) is 5.75 Å². The number of amides is 1. The van der Waals surface area contributed by atoms with E-state index in [9.17, 15) is 4.79 Å². The second-order valence-electron chi connectivity index (χ2n) is 7.98. The van der Waals surface area contributed by atoms with Gasteiger partial charge in [0.2, 0.25) is 0 Å². The monoisotopic (exact) mass is 317 g/mol. The van der Waals surface area contributed by atoms with Crippen LogP contribution in [-0.4, -0.2) is 36.3 Å². The number of hydrogen-bond donors (Lipinski definition) is 0. The number of para-hydroxylation sites is 1. The standard InChI is InChI=1S/C19H27NO3/c1-18(2,3)23-17(21)20-13-19(9-10-19)12-15(20)11-14-7-5-6-8-16(14)22-4/h5-8,15H,9-13H2,1-4H3. The lowest BCUT2D eigenvalue weighted by Gasteiger charge is -2.29. The minimum Gasteiger partial charge on any atom is -0.496 e. The average molecular weight is 317 g/mol. The fourth-order valence-electron chi connectivity index (χ4n) is 3.55. The first-order valence-electron chi connectivity index (χ1n) is 8.43. The second-order valence-corrected chi connectivity index (χ2v) is 7.98. The van der Waals surface area contributed by atoms with Crippen LogP contribution in [0.3, 0.4) is 0 Å². The number of carbonyl (C=O) groups is 1. The summed E-state index contributed by atoms with van der Waals surface area (Å²) >= 11 is 0. The molecular formula is C19H27NO3. The van der Waals surface area contributed by atoms with Crippen LogP contribution >= 0.6 is 0 Å². The summed E-state index contributed by atoms with van der Waals surface area (Å²) in [6.07, 6.45) is 4.18. The first-order valence-corrected chi connectivity index (χ1v) is 8.43. The van der Waals surface area contributed by atoms with Crippen LogP contribution < -0.4 is 4.74 Å². The molecule has 0 radical (unpaired) electrons. The Labute approximate surface area is 138 Å². The molecule has 2 fully saturated rings. The van der Waals surface area contributed by atoms with Gasteiger partial charge in [0.15, 0.2) is 0 Å². The molecule has 1 unspecified atom stereocenters. The van der Waals surface area contributed by atoms with Crippen LogP contribution in [0.2, 0.25) is 0 Å². The molecule has 1 aromatic carbocycles. The molecule has 4 heteroatoms. The van der Waals surface area contributed by atoms with Crippen molar-refractivity contribution in [3.05, 3.63) is 29.8 Å². The van der Waals surface area contributed by atoms with Gasteiger partial charge in [0.1, 0.15) is 11.4 Å². The topological polar surface area (TPSA) is 38.8 Å². The van der Waals surface area contributed by atoms with Gasteiger partial charge < -0.3 is 14.4 Å². The molecule has 1 saturated heterocycles. The molecule has 0 N–H and O–H groups in total. The first-order chi connectivity index (χ1) is 10.8. The van der Waals surface area contributed by atoms with Crippen molar-refractivity contribution in [2.75, 3.05) is 13.7 Å². The van der Waals surface area contributed by atoms with Gasteiger partial charge in [-0.15, -0.1) is 0 Å². The Bertz CT molecular complexity index is 587. The number of carbonyl (C=O) groups excluding carboxylic acids is 1. The summed E-state index contributed by atoms with van der Waals surface area (Å²) in [5.41, 5.74) is 1.06. The fourth-order valence-corrected chi connectivity index (χ4v) is 3.55. The molecule has 1 amide bonds. The van der Waals surface area contributed by atoms with E-state index in [1.165, 1.54) is 12.8 Å². The number of hydrogen-bond acceptors (Lipinski definition) is 3. The number of benzene rings is 1. The van der Waals surface area contributed by atoms with E-state index in [2.05, 4.69) is 6.07 Å². The van der Waals surface area contributed by atoms with Crippen LogP contribution in [0.1, 0.15) is 45.6 Å². The zero-order valence-electron chi connectivity index (χ0n) is 14.6. The summed E-state index contributed by atoms with van der Waals surface area (Å²) in [6, 6.07) is 8.27. The molecule has 0 aromatic heterocycles. The van der Waals surface area contributed by atoms with Crippen molar-refractivity contribution in [2.45, 2.75) is 58.1 Å². The molecule has 1 aliphatic carbocycles. The Morgan fingerprint density at radius 2 is 2.00 bits per heavy atom. The highest BCUT2D eigenvalue weighted by molar-refractivity contribution is 5.69. The van der Waals surface area contributed by atoms with Crippen LogP contribution in [0.25, 0.3) is 0 Å². The number of nitrogens with zero attached hydrogens (tertiary/aromatic N) is 1. The molecule has 1 heterocycles. The normalized spacial score (nSPS) is 22.3.